The van der Waals surface area contributed by atoms with Crippen LogP contribution in [0.1, 0.15) is 45.6 Å². The molecule has 0 spiro atoms. The average Bonchev–Trinajstić information content (AvgIpc) is 2.90. The van der Waals surface area contributed by atoms with Crippen molar-refractivity contribution >= 4 is 23.2 Å². The second kappa shape index (κ2) is 7.21. The number of benzene rings is 1. The molecule has 1 saturated heterocycles. The lowest BCUT2D eigenvalue weighted by Gasteiger charge is -2.39. The maximum atomic E-state index is 12.2. The molecule has 154 valence electrons. The molecule has 7 nitrogen and oxygen atoms in total. The van der Waals surface area contributed by atoms with Crippen molar-refractivity contribution in [2.24, 2.45) is 10.8 Å². The zero-order valence-corrected chi connectivity index (χ0v) is 17.4. The normalized spacial score (nSPS) is 24.9. The Kier molecular flexibility index (Phi) is 4.84. The molecule has 2 aromatic rings. The Hall–Kier alpha value is -2.83. The van der Waals surface area contributed by atoms with Crippen LogP contribution in [-0.4, -0.2) is 28.5 Å². The molecule has 1 aromatic carbocycles. The third-order valence-corrected chi connectivity index (χ3v) is 6.08. The molecule has 1 aliphatic heterocycles. The Morgan fingerprint density at radius 1 is 1.21 bits per heavy atom. The molecule has 2 heterocycles. The van der Waals surface area contributed by atoms with Gasteiger partial charge in [-0.3, -0.25) is 15.6 Å². The van der Waals surface area contributed by atoms with Crippen molar-refractivity contribution in [3.05, 3.63) is 42.2 Å². The van der Waals surface area contributed by atoms with E-state index >= 15 is 0 Å². The molecule has 4 rings (SSSR count). The number of rotatable bonds is 5. The molecule has 1 aliphatic carbocycles. The minimum atomic E-state index is -0.151. The summed E-state index contributed by atoms with van der Waals surface area (Å²) in [6.07, 6.45) is 5.29. The Labute approximate surface area is 172 Å². The van der Waals surface area contributed by atoms with Gasteiger partial charge in [0.15, 0.2) is 11.6 Å². The molecular formula is C22H30N6O. The molecule has 1 aromatic heterocycles. The molecule has 2 bridgehead atoms. The number of fused-ring (bicyclic) bond motifs is 2. The van der Waals surface area contributed by atoms with Crippen molar-refractivity contribution in [1.29, 1.82) is 0 Å². The zero-order chi connectivity index (χ0) is 20.6. The molecule has 0 radical (unpaired) electrons. The summed E-state index contributed by atoms with van der Waals surface area (Å²) in [5.41, 5.74) is 14.0. The van der Waals surface area contributed by atoms with E-state index in [2.05, 4.69) is 46.5 Å². The Morgan fingerprint density at radius 3 is 2.72 bits per heavy atom. The van der Waals surface area contributed by atoms with Gasteiger partial charge in [-0.2, -0.15) is 0 Å². The number of carbonyl (C=O) groups is 1. The minimum Gasteiger partial charge on any atom is -0.393 e. The number of carbonyl (C=O) groups excluding carboxylic acids is 1. The molecule has 2 atom stereocenters. The number of hydrogen-bond acceptors (Lipinski definition) is 6. The fourth-order valence-electron chi connectivity index (χ4n) is 5.38. The number of hydrazine groups is 1. The smallest absolute Gasteiger partial charge is 0.242 e. The predicted molar refractivity (Wildman–Crippen MR) is 115 cm³/mol. The summed E-state index contributed by atoms with van der Waals surface area (Å²) in [6.45, 7) is 8.00. The van der Waals surface area contributed by atoms with Gasteiger partial charge in [0.05, 0.1) is 6.42 Å². The Morgan fingerprint density at radius 2 is 1.97 bits per heavy atom. The lowest BCUT2D eigenvalue weighted by atomic mass is 9.65. The van der Waals surface area contributed by atoms with Crippen LogP contribution in [0.5, 0.6) is 0 Å². The van der Waals surface area contributed by atoms with Crippen LogP contribution in [0.2, 0.25) is 0 Å². The number of nitrogens with two attached hydrogens (primary N) is 1. The fourth-order valence-corrected chi connectivity index (χ4v) is 5.38. The third kappa shape index (κ3) is 4.13. The van der Waals surface area contributed by atoms with E-state index < -0.39 is 0 Å². The number of hydrogen-bond donors (Lipinski definition) is 3. The van der Waals surface area contributed by atoms with E-state index in [4.69, 9.17) is 5.73 Å². The molecule has 29 heavy (non-hydrogen) atoms. The highest BCUT2D eigenvalue weighted by Crippen LogP contribution is 2.53. The van der Waals surface area contributed by atoms with Crippen molar-refractivity contribution in [1.82, 2.24) is 15.4 Å². The van der Waals surface area contributed by atoms with E-state index in [0.29, 0.717) is 23.0 Å². The van der Waals surface area contributed by atoms with Crippen molar-refractivity contribution < 1.29 is 4.79 Å². The molecule has 1 saturated carbocycles. The molecule has 2 unspecified atom stereocenters. The second-order valence-corrected chi connectivity index (χ2v) is 9.64. The monoisotopic (exact) mass is 394 g/mol. The Bertz CT molecular complexity index is 899. The van der Waals surface area contributed by atoms with E-state index in [-0.39, 0.29) is 17.7 Å². The van der Waals surface area contributed by atoms with E-state index in [1.165, 1.54) is 12.7 Å². The first-order valence-corrected chi connectivity index (χ1v) is 10.2. The van der Waals surface area contributed by atoms with Crippen LogP contribution in [0.15, 0.2) is 36.7 Å². The first kappa shape index (κ1) is 19.5. The van der Waals surface area contributed by atoms with Crippen LogP contribution in [0.3, 0.4) is 0 Å². The highest BCUT2D eigenvalue weighted by Gasteiger charge is 2.50. The van der Waals surface area contributed by atoms with Gasteiger partial charge < -0.3 is 10.6 Å². The summed E-state index contributed by atoms with van der Waals surface area (Å²) >= 11 is 0. The van der Waals surface area contributed by atoms with Gasteiger partial charge in [0.2, 0.25) is 5.91 Å². The number of nitrogens with one attached hydrogen (secondary N) is 2. The van der Waals surface area contributed by atoms with Gasteiger partial charge in [0, 0.05) is 12.6 Å². The standard InChI is InChI=1S/C22H30N6O/c1-21(2)10-16-11-22(3,12-21)13-28(16)20-18(23)19(24-14-25-20)27-26-17(29)9-15-7-5-4-6-8-15/h4-8,14,16H,9-13,23H2,1-3H3,(H,26,29)(H,24,25,27). The number of aromatic nitrogens is 2. The minimum absolute atomic E-state index is 0.151. The number of nitrogen functional groups attached to an aromatic ring is 1. The van der Waals surface area contributed by atoms with Crippen LogP contribution in [-0.2, 0) is 11.2 Å². The molecule has 7 heteroatoms. The molecule has 1 amide bonds. The summed E-state index contributed by atoms with van der Waals surface area (Å²) < 4.78 is 0. The summed E-state index contributed by atoms with van der Waals surface area (Å²) in [5, 5.41) is 0. The van der Waals surface area contributed by atoms with Crippen LogP contribution in [0.25, 0.3) is 0 Å². The number of amides is 1. The van der Waals surface area contributed by atoms with Gasteiger partial charge in [-0.05, 0) is 35.7 Å². The highest BCUT2D eigenvalue weighted by atomic mass is 16.2. The van der Waals surface area contributed by atoms with Crippen LogP contribution in [0, 0.1) is 10.8 Å². The first-order chi connectivity index (χ1) is 13.7. The van der Waals surface area contributed by atoms with Gasteiger partial charge >= 0.3 is 0 Å². The van der Waals surface area contributed by atoms with Crippen LogP contribution in [0.4, 0.5) is 17.3 Å². The summed E-state index contributed by atoms with van der Waals surface area (Å²) in [5.74, 6) is 1.04. The second-order valence-electron chi connectivity index (χ2n) is 9.64. The third-order valence-electron chi connectivity index (χ3n) is 6.08. The Balaban J connectivity index is 1.46. The predicted octanol–water partition coefficient (Wildman–Crippen LogP) is 3.15. The van der Waals surface area contributed by atoms with Crippen molar-refractivity contribution in [3.63, 3.8) is 0 Å². The lowest BCUT2D eigenvalue weighted by molar-refractivity contribution is -0.119. The van der Waals surface area contributed by atoms with Crippen molar-refractivity contribution in [2.45, 2.75) is 52.5 Å². The van der Waals surface area contributed by atoms with Gasteiger partial charge in [0.1, 0.15) is 12.0 Å². The van der Waals surface area contributed by atoms with E-state index in [1.54, 1.807) is 0 Å². The van der Waals surface area contributed by atoms with E-state index in [1.807, 2.05) is 30.3 Å². The topological polar surface area (TPSA) is 96.2 Å². The molecule has 2 fully saturated rings. The highest BCUT2D eigenvalue weighted by molar-refractivity contribution is 5.82. The van der Waals surface area contributed by atoms with Crippen LogP contribution < -0.4 is 21.5 Å². The maximum Gasteiger partial charge on any atom is 0.242 e. The van der Waals surface area contributed by atoms with E-state index in [0.717, 1.165) is 30.8 Å². The largest absolute Gasteiger partial charge is 0.393 e. The van der Waals surface area contributed by atoms with Gasteiger partial charge in [0.25, 0.3) is 0 Å². The summed E-state index contributed by atoms with van der Waals surface area (Å²) in [4.78, 5) is 23.3. The van der Waals surface area contributed by atoms with Gasteiger partial charge in [-0.15, -0.1) is 0 Å². The zero-order valence-electron chi connectivity index (χ0n) is 17.4. The van der Waals surface area contributed by atoms with E-state index in [9.17, 15) is 4.79 Å². The number of nitrogens with zero attached hydrogens (tertiary/aromatic N) is 3. The van der Waals surface area contributed by atoms with Gasteiger partial charge in [-0.1, -0.05) is 51.1 Å². The molecular weight excluding hydrogens is 364 g/mol. The molecule has 4 N–H and O–H groups in total. The average molecular weight is 395 g/mol. The summed E-state index contributed by atoms with van der Waals surface area (Å²) in [7, 11) is 0. The maximum absolute atomic E-state index is 12.2. The van der Waals surface area contributed by atoms with Crippen molar-refractivity contribution in [3.8, 4) is 0 Å². The van der Waals surface area contributed by atoms with Crippen LogP contribution >= 0.6 is 0 Å². The number of anilines is 3. The van der Waals surface area contributed by atoms with Crippen molar-refractivity contribution in [2.75, 3.05) is 22.6 Å². The fraction of sp³-hybridized carbons (Fsp3) is 0.500. The van der Waals surface area contributed by atoms with Gasteiger partial charge in [-0.25, -0.2) is 9.97 Å². The quantitative estimate of drug-likeness (QED) is 0.674. The SMILES string of the molecule is CC1(C)CC2CC(C)(CN2c2ncnc(NNC(=O)Cc3ccccc3)c2N)C1. The lowest BCUT2D eigenvalue weighted by Crippen LogP contribution is -2.35. The molecule has 2 aliphatic rings. The first-order valence-electron chi connectivity index (χ1n) is 10.2. The summed E-state index contributed by atoms with van der Waals surface area (Å²) in [6, 6.07) is 10.0.